The van der Waals surface area contributed by atoms with E-state index < -0.39 is 0 Å². The Balaban J connectivity index is 1.34. The number of rotatable bonds is 5. The molecular weight excluding hydrogens is 314 g/mol. The molecule has 1 aromatic heterocycles. The zero-order valence-corrected chi connectivity index (χ0v) is 14.2. The van der Waals surface area contributed by atoms with Crippen LogP contribution < -0.4 is 9.47 Å². The van der Waals surface area contributed by atoms with E-state index in [1.54, 1.807) is 6.20 Å². The molecule has 2 aromatic carbocycles. The van der Waals surface area contributed by atoms with Crippen molar-refractivity contribution in [3.05, 3.63) is 72.6 Å². The highest BCUT2D eigenvalue weighted by molar-refractivity contribution is 5.40. The van der Waals surface area contributed by atoms with Crippen molar-refractivity contribution in [3.63, 3.8) is 0 Å². The Morgan fingerprint density at radius 1 is 1.08 bits per heavy atom. The maximum Gasteiger partial charge on any atom is 0.161 e. The van der Waals surface area contributed by atoms with Gasteiger partial charge in [0, 0.05) is 25.5 Å². The lowest BCUT2D eigenvalue weighted by molar-refractivity contribution is 0.0638. The molecule has 0 fully saturated rings. The van der Waals surface area contributed by atoms with Crippen molar-refractivity contribution in [3.8, 4) is 17.2 Å². The molecule has 0 amide bonds. The number of likely N-dealkylation sites (N-methyl/N-ethyl adjacent to an activating group) is 1. The van der Waals surface area contributed by atoms with Crippen molar-refractivity contribution in [1.82, 2.24) is 14.7 Å². The molecule has 0 aliphatic carbocycles. The highest BCUT2D eigenvalue weighted by Crippen LogP contribution is 2.31. The molecule has 0 radical (unpaired) electrons. The Morgan fingerprint density at radius 3 is 2.64 bits per heavy atom. The minimum absolute atomic E-state index is 0.0447. The summed E-state index contributed by atoms with van der Waals surface area (Å²) in [5.41, 5.74) is 2.33. The zero-order chi connectivity index (χ0) is 17.1. The van der Waals surface area contributed by atoms with Crippen LogP contribution in [0.15, 0.2) is 67.0 Å². The van der Waals surface area contributed by atoms with Crippen LogP contribution in [-0.2, 0) is 6.54 Å². The summed E-state index contributed by atoms with van der Waals surface area (Å²) in [6, 6.07) is 18.2. The van der Waals surface area contributed by atoms with E-state index in [0.29, 0.717) is 6.61 Å². The Bertz CT molecular complexity index is 815. The van der Waals surface area contributed by atoms with E-state index in [1.807, 2.05) is 41.2 Å². The fraction of sp³-hybridized carbons (Fsp3) is 0.250. The standard InChI is InChI=1S/C20H21N3O2/c1-22(14-18-15-24-19-5-2-3-6-20(19)25-18)13-16-7-9-17(10-8-16)23-12-4-11-21-23/h2-12,18H,13-15H2,1H3/t18-/m1/s1. The average Bonchev–Trinajstić information content (AvgIpc) is 3.17. The van der Waals surface area contributed by atoms with Crippen molar-refractivity contribution in [2.75, 3.05) is 20.2 Å². The van der Waals surface area contributed by atoms with Gasteiger partial charge in [0.25, 0.3) is 0 Å². The van der Waals surface area contributed by atoms with Crippen molar-refractivity contribution in [1.29, 1.82) is 0 Å². The van der Waals surface area contributed by atoms with Gasteiger partial charge in [-0.25, -0.2) is 4.68 Å². The van der Waals surface area contributed by atoms with Crippen LogP contribution >= 0.6 is 0 Å². The topological polar surface area (TPSA) is 39.5 Å². The van der Waals surface area contributed by atoms with E-state index in [0.717, 1.165) is 30.3 Å². The van der Waals surface area contributed by atoms with Crippen LogP contribution in [0.1, 0.15) is 5.56 Å². The van der Waals surface area contributed by atoms with Crippen LogP contribution in [0.25, 0.3) is 5.69 Å². The predicted molar refractivity (Wildman–Crippen MR) is 96.3 cm³/mol. The molecule has 0 N–H and O–H groups in total. The van der Waals surface area contributed by atoms with E-state index in [4.69, 9.17) is 9.47 Å². The molecule has 0 unspecified atom stereocenters. The molecule has 1 aliphatic rings. The Labute approximate surface area is 147 Å². The number of hydrogen-bond donors (Lipinski definition) is 0. The Kier molecular flexibility index (Phi) is 4.39. The maximum absolute atomic E-state index is 6.03. The fourth-order valence-electron chi connectivity index (χ4n) is 3.05. The second kappa shape index (κ2) is 6.99. The molecule has 5 nitrogen and oxygen atoms in total. The van der Waals surface area contributed by atoms with Crippen molar-refractivity contribution < 1.29 is 9.47 Å². The average molecular weight is 335 g/mol. The lowest BCUT2D eigenvalue weighted by Gasteiger charge is -2.29. The third kappa shape index (κ3) is 3.67. The molecule has 1 aliphatic heterocycles. The lowest BCUT2D eigenvalue weighted by Crippen LogP contribution is -2.39. The summed E-state index contributed by atoms with van der Waals surface area (Å²) in [5, 5.41) is 4.25. The summed E-state index contributed by atoms with van der Waals surface area (Å²) in [5.74, 6) is 1.66. The highest BCUT2D eigenvalue weighted by Gasteiger charge is 2.21. The van der Waals surface area contributed by atoms with Gasteiger partial charge >= 0.3 is 0 Å². The van der Waals surface area contributed by atoms with Gasteiger partial charge in [0.15, 0.2) is 11.5 Å². The molecule has 1 atom stereocenters. The molecule has 0 bridgehead atoms. The molecular formula is C20H21N3O2. The summed E-state index contributed by atoms with van der Waals surface area (Å²) >= 11 is 0. The lowest BCUT2D eigenvalue weighted by atomic mass is 10.2. The van der Waals surface area contributed by atoms with Crippen LogP contribution in [0.4, 0.5) is 0 Å². The van der Waals surface area contributed by atoms with Crippen molar-refractivity contribution in [2.45, 2.75) is 12.6 Å². The molecule has 0 spiro atoms. The van der Waals surface area contributed by atoms with Gasteiger partial charge in [0.2, 0.25) is 0 Å². The molecule has 4 rings (SSSR count). The summed E-state index contributed by atoms with van der Waals surface area (Å²) in [6.07, 6.45) is 3.77. The smallest absolute Gasteiger partial charge is 0.161 e. The van der Waals surface area contributed by atoms with Gasteiger partial charge in [0.05, 0.1) is 5.69 Å². The Morgan fingerprint density at radius 2 is 1.88 bits per heavy atom. The van der Waals surface area contributed by atoms with Gasteiger partial charge in [-0.3, -0.25) is 4.90 Å². The number of para-hydroxylation sites is 2. The minimum Gasteiger partial charge on any atom is -0.486 e. The molecule has 2 heterocycles. The van der Waals surface area contributed by atoms with Gasteiger partial charge in [-0.05, 0) is 42.9 Å². The third-order valence-corrected chi connectivity index (χ3v) is 4.24. The van der Waals surface area contributed by atoms with E-state index in [1.165, 1.54) is 5.56 Å². The molecule has 0 saturated carbocycles. The first-order valence-electron chi connectivity index (χ1n) is 8.44. The van der Waals surface area contributed by atoms with Crippen LogP contribution in [0.5, 0.6) is 11.5 Å². The SMILES string of the molecule is CN(Cc1ccc(-n2cccn2)cc1)C[C@@H]1COc2ccccc2O1. The zero-order valence-electron chi connectivity index (χ0n) is 14.2. The van der Waals surface area contributed by atoms with Crippen LogP contribution in [0.2, 0.25) is 0 Å². The molecule has 128 valence electrons. The van der Waals surface area contributed by atoms with Crippen LogP contribution in [0.3, 0.4) is 0 Å². The normalized spacial score (nSPS) is 16.2. The van der Waals surface area contributed by atoms with Gasteiger partial charge in [-0.1, -0.05) is 24.3 Å². The number of hydrogen-bond acceptors (Lipinski definition) is 4. The van der Waals surface area contributed by atoms with E-state index >= 15 is 0 Å². The highest BCUT2D eigenvalue weighted by atomic mass is 16.6. The first-order valence-corrected chi connectivity index (χ1v) is 8.44. The first-order chi connectivity index (χ1) is 12.3. The molecule has 0 saturated heterocycles. The monoisotopic (exact) mass is 335 g/mol. The number of ether oxygens (including phenoxy) is 2. The van der Waals surface area contributed by atoms with E-state index in [-0.39, 0.29) is 6.10 Å². The van der Waals surface area contributed by atoms with Gasteiger partial charge in [0.1, 0.15) is 12.7 Å². The molecule has 3 aromatic rings. The van der Waals surface area contributed by atoms with Crippen molar-refractivity contribution in [2.24, 2.45) is 0 Å². The minimum atomic E-state index is 0.0447. The second-order valence-electron chi connectivity index (χ2n) is 6.31. The quantitative estimate of drug-likeness (QED) is 0.718. The summed E-state index contributed by atoms with van der Waals surface area (Å²) in [4.78, 5) is 2.25. The number of benzene rings is 2. The summed E-state index contributed by atoms with van der Waals surface area (Å²) < 4.78 is 13.7. The van der Waals surface area contributed by atoms with Crippen LogP contribution in [-0.4, -0.2) is 41.0 Å². The first kappa shape index (κ1) is 15.7. The summed E-state index contributed by atoms with van der Waals surface area (Å²) in [7, 11) is 2.10. The van der Waals surface area contributed by atoms with Crippen molar-refractivity contribution >= 4 is 0 Å². The molecule has 25 heavy (non-hydrogen) atoms. The number of fused-ring (bicyclic) bond motifs is 1. The number of nitrogens with zero attached hydrogens (tertiary/aromatic N) is 3. The molecule has 5 heteroatoms. The van der Waals surface area contributed by atoms with E-state index in [2.05, 4.69) is 41.3 Å². The summed E-state index contributed by atoms with van der Waals surface area (Å²) in [6.45, 7) is 2.26. The predicted octanol–water partition coefficient (Wildman–Crippen LogP) is 3.14. The Hall–Kier alpha value is -2.79. The number of aromatic nitrogens is 2. The fourth-order valence-corrected chi connectivity index (χ4v) is 3.05. The largest absolute Gasteiger partial charge is 0.486 e. The maximum atomic E-state index is 6.03. The van der Waals surface area contributed by atoms with E-state index in [9.17, 15) is 0 Å². The van der Waals surface area contributed by atoms with Crippen LogP contribution in [0, 0.1) is 0 Å². The van der Waals surface area contributed by atoms with Gasteiger partial charge < -0.3 is 9.47 Å². The third-order valence-electron chi connectivity index (χ3n) is 4.24. The van der Waals surface area contributed by atoms with Gasteiger partial charge in [-0.15, -0.1) is 0 Å². The van der Waals surface area contributed by atoms with Gasteiger partial charge in [-0.2, -0.15) is 5.10 Å². The second-order valence-corrected chi connectivity index (χ2v) is 6.31.